The summed E-state index contributed by atoms with van der Waals surface area (Å²) in [6, 6.07) is 13.9. The van der Waals surface area contributed by atoms with Gasteiger partial charge in [0.2, 0.25) is 0 Å². The van der Waals surface area contributed by atoms with Crippen LogP contribution >= 0.6 is 15.9 Å². The average Bonchev–Trinajstić information content (AvgIpc) is 2.99. The number of halogens is 1. The van der Waals surface area contributed by atoms with Gasteiger partial charge >= 0.3 is 0 Å². The first kappa shape index (κ1) is 12.0. The van der Waals surface area contributed by atoms with E-state index in [1.165, 1.54) is 42.6 Å². The lowest BCUT2D eigenvalue weighted by Gasteiger charge is -2.19. The van der Waals surface area contributed by atoms with Crippen LogP contribution in [0.25, 0.3) is 11.3 Å². The molecule has 1 heterocycles. The maximum absolute atomic E-state index is 3.50. The van der Waals surface area contributed by atoms with Gasteiger partial charge in [0.05, 0.1) is 0 Å². The first-order valence-electron chi connectivity index (χ1n) is 6.69. The van der Waals surface area contributed by atoms with E-state index in [4.69, 9.17) is 0 Å². The Kier molecular flexibility index (Phi) is 3.29. The molecule has 1 aliphatic carbocycles. The molecule has 1 aromatic carbocycles. The maximum Gasteiger partial charge on any atom is 0.0485 e. The molecule has 0 amide bonds. The predicted octanol–water partition coefficient (Wildman–Crippen LogP) is 5.34. The van der Waals surface area contributed by atoms with Crippen molar-refractivity contribution in [1.29, 1.82) is 0 Å². The minimum absolute atomic E-state index is 0.707. The fraction of sp³-hybridized carbons (Fsp3) is 0.375. The van der Waals surface area contributed by atoms with Gasteiger partial charge in [0.15, 0.2) is 0 Å². The summed E-state index contributed by atoms with van der Waals surface area (Å²) in [7, 11) is 0. The van der Waals surface area contributed by atoms with Crippen molar-refractivity contribution < 1.29 is 0 Å². The van der Waals surface area contributed by atoms with Crippen LogP contribution in [0.1, 0.15) is 37.4 Å². The summed E-state index contributed by atoms with van der Waals surface area (Å²) in [5, 5.41) is 0. The van der Waals surface area contributed by atoms with Gasteiger partial charge in [0.1, 0.15) is 0 Å². The first-order chi connectivity index (χ1) is 8.75. The molecule has 1 saturated carbocycles. The van der Waals surface area contributed by atoms with Gasteiger partial charge in [-0.3, -0.25) is 0 Å². The van der Waals surface area contributed by atoms with Crippen LogP contribution in [0.3, 0.4) is 0 Å². The maximum atomic E-state index is 3.50. The Balaban J connectivity index is 2.04. The number of hydrogen-bond donors (Lipinski definition) is 0. The first-order valence-corrected chi connectivity index (χ1v) is 7.49. The quantitative estimate of drug-likeness (QED) is 0.705. The average molecular weight is 304 g/mol. The molecule has 0 saturated heterocycles. The molecule has 0 bridgehead atoms. The number of hydrogen-bond acceptors (Lipinski definition) is 0. The van der Waals surface area contributed by atoms with E-state index >= 15 is 0 Å². The fourth-order valence-electron chi connectivity index (χ4n) is 3.05. The SMILES string of the molecule is Cc1ccc(-c2ccc(Br)cc2)n1C1CCCC1. The lowest BCUT2D eigenvalue weighted by atomic mass is 10.1. The van der Waals surface area contributed by atoms with E-state index in [2.05, 4.69) is 63.8 Å². The second-order valence-corrected chi connectivity index (χ2v) is 6.09. The summed E-state index contributed by atoms with van der Waals surface area (Å²) in [6.45, 7) is 2.22. The molecule has 1 aliphatic rings. The zero-order valence-corrected chi connectivity index (χ0v) is 12.3. The van der Waals surface area contributed by atoms with Crippen LogP contribution in [0, 0.1) is 6.92 Å². The van der Waals surface area contributed by atoms with Crippen LogP contribution in [-0.2, 0) is 0 Å². The molecular formula is C16H18BrN. The third-order valence-corrected chi connectivity index (χ3v) is 4.48. The van der Waals surface area contributed by atoms with Gasteiger partial charge < -0.3 is 4.57 Å². The highest BCUT2D eigenvalue weighted by Crippen LogP contribution is 2.35. The molecule has 0 aliphatic heterocycles. The number of aromatic nitrogens is 1. The summed E-state index contributed by atoms with van der Waals surface area (Å²) in [5.41, 5.74) is 4.07. The smallest absolute Gasteiger partial charge is 0.0485 e. The molecule has 1 nitrogen and oxygen atoms in total. The third-order valence-electron chi connectivity index (χ3n) is 3.95. The van der Waals surface area contributed by atoms with E-state index in [9.17, 15) is 0 Å². The number of nitrogens with zero attached hydrogens (tertiary/aromatic N) is 1. The van der Waals surface area contributed by atoms with Gasteiger partial charge in [-0.1, -0.05) is 40.9 Å². The molecule has 0 spiro atoms. The van der Waals surface area contributed by atoms with E-state index in [1.807, 2.05) is 0 Å². The standard InChI is InChI=1S/C16H18BrN/c1-12-6-11-16(13-7-9-14(17)10-8-13)18(12)15-4-2-3-5-15/h6-11,15H,2-5H2,1H3. The molecule has 2 aromatic rings. The Morgan fingerprint density at radius 3 is 2.33 bits per heavy atom. The number of benzene rings is 1. The number of aryl methyl sites for hydroxylation is 1. The van der Waals surface area contributed by atoms with Crippen LogP contribution in [0.4, 0.5) is 0 Å². The second kappa shape index (κ2) is 4.93. The molecule has 0 N–H and O–H groups in total. The third kappa shape index (κ3) is 2.14. The zero-order chi connectivity index (χ0) is 12.5. The molecule has 0 radical (unpaired) electrons. The Morgan fingerprint density at radius 2 is 1.67 bits per heavy atom. The Bertz CT molecular complexity index is 533. The van der Waals surface area contributed by atoms with Crippen molar-refractivity contribution in [1.82, 2.24) is 4.57 Å². The van der Waals surface area contributed by atoms with Crippen LogP contribution in [-0.4, -0.2) is 4.57 Å². The van der Waals surface area contributed by atoms with Crippen LogP contribution in [0.2, 0.25) is 0 Å². The summed E-state index contributed by atoms with van der Waals surface area (Å²) in [4.78, 5) is 0. The van der Waals surface area contributed by atoms with Gasteiger partial charge in [-0.2, -0.15) is 0 Å². The van der Waals surface area contributed by atoms with E-state index in [0.717, 1.165) is 4.47 Å². The van der Waals surface area contributed by atoms with Crippen molar-refractivity contribution in [2.75, 3.05) is 0 Å². The lowest BCUT2D eigenvalue weighted by Crippen LogP contribution is -2.07. The van der Waals surface area contributed by atoms with E-state index in [0.29, 0.717) is 6.04 Å². The van der Waals surface area contributed by atoms with Crippen molar-refractivity contribution in [3.63, 3.8) is 0 Å². The molecule has 0 unspecified atom stereocenters. The summed E-state index contributed by atoms with van der Waals surface area (Å²) < 4.78 is 3.68. The molecule has 2 heteroatoms. The predicted molar refractivity (Wildman–Crippen MR) is 79.8 cm³/mol. The van der Waals surface area contributed by atoms with Crippen LogP contribution in [0.5, 0.6) is 0 Å². The monoisotopic (exact) mass is 303 g/mol. The molecule has 1 fully saturated rings. The highest BCUT2D eigenvalue weighted by molar-refractivity contribution is 9.10. The van der Waals surface area contributed by atoms with E-state index in [1.54, 1.807) is 0 Å². The summed E-state index contributed by atoms with van der Waals surface area (Å²) in [5.74, 6) is 0. The minimum atomic E-state index is 0.707. The van der Waals surface area contributed by atoms with Crippen LogP contribution < -0.4 is 0 Å². The fourth-order valence-corrected chi connectivity index (χ4v) is 3.32. The van der Waals surface area contributed by atoms with Crippen molar-refractivity contribution in [2.45, 2.75) is 38.6 Å². The molecule has 0 atom stereocenters. The Hall–Kier alpha value is -1.02. The molecule has 94 valence electrons. The van der Waals surface area contributed by atoms with Gasteiger partial charge in [0.25, 0.3) is 0 Å². The summed E-state index contributed by atoms with van der Waals surface area (Å²) >= 11 is 3.50. The van der Waals surface area contributed by atoms with E-state index in [-0.39, 0.29) is 0 Å². The second-order valence-electron chi connectivity index (χ2n) is 5.18. The van der Waals surface area contributed by atoms with Crippen molar-refractivity contribution >= 4 is 15.9 Å². The molecule has 3 rings (SSSR count). The normalized spacial score (nSPS) is 16.3. The number of rotatable bonds is 2. The molecule has 1 aromatic heterocycles. The summed E-state index contributed by atoms with van der Waals surface area (Å²) in [6.07, 6.45) is 5.42. The van der Waals surface area contributed by atoms with Gasteiger partial charge in [-0.05, 0) is 49.6 Å². The van der Waals surface area contributed by atoms with Crippen molar-refractivity contribution in [3.05, 3.63) is 46.6 Å². The van der Waals surface area contributed by atoms with E-state index < -0.39 is 0 Å². The van der Waals surface area contributed by atoms with Gasteiger partial charge in [-0.25, -0.2) is 0 Å². The minimum Gasteiger partial charge on any atom is -0.342 e. The zero-order valence-electron chi connectivity index (χ0n) is 10.7. The molecule has 18 heavy (non-hydrogen) atoms. The molecular weight excluding hydrogens is 286 g/mol. The highest BCUT2D eigenvalue weighted by atomic mass is 79.9. The van der Waals surface area contributed by atoms with Gasteiger partial charge in [0, 0.05) is 21.9 Å². The largest absolute Gasteiger partial charge is 0.342 e. The lowest BCUT2D eigenvalue weighted by molar-refractivity contribution is 0.515. The van der Waals surface area contributed by atoms with Crippen molar-refractivity contribution in [2.24, 2.45) is 0 Å². The highest BCUT2D eigenvalue weighted by Gasteiger charge is 2.20. The van der Waals surface area contributed by atoms with Crippen LogP contribution in [0.15, 0.2) is 40.9 Å². The Labute approximate surface area is 117 Å². The Morgan fingerprint density at radius 1 is 1.00 bits per heavy atom. The van der Waals surface area contributed by atoms with Crippen molar-refractivity contribution in [3.8, 4) is 11.3 Å². The topological polar surface area (TPSA) is 4.93 Å². The van der Waals surface area contributed by atoms with Gasteiger partial charge in [-0.15, -0.1) is 0 Å².